The van der Waals surface area contributed by atoms with Crippen molar-refractivity contribution in [1.82, 2.24) is 4.98 Å². The Labute approximate surface area is 114 Å². The molecule has 18 heavy (non-hydrogen) atoms. The van der Waals surface area contributed by atoms with Crippen LogP contribution in [0.15, 0.2) is 47.2 Å². The van der Waals surface area contributed by atoms with E-state index in [-0.39, 0.29) is 11.9 Å². The second-order valence-corrected chi connectivity index (χ2v) is 4.84. The van der Waals surface area contributed by atoms with Gasteiger partial charge in [-0.3, -0.25) is 0 Å². The number of hydrogen-bond acceptors (Lipinski definition) is 2. The van der Waals surface area contributed by atoms with Gasteiger partial charge in [0.25, 0.3) is 0 Å². The zero-order valence-corrected chi connectivity index (χ0v) is 11.6. The maximum Gasteiger partial charge on any atom is 0.123 e. The molecular formula is C14H14BrFN2. The van der Waals surface area contributed by atoms with E-state index in [0.717, 1.165) is 22.3 Å². The largest absolute Gasteiger partial charge is 0.377 e. The van der Waals surface area contributed by atoms with Gasteiger partial charge in [0.1, 0.15) is 10.4 Å². The fraction of sp³-hybridized carbons (Fsp3) is 0.214. The van der Waals surface area contributed by atoms with Gasteiger partial charge >= 0.3 is 0 Å². The topological polar surface area (TPSA) is 24.9 Å². The van der Waals surface area contributed by atoms with Gasteiger partial charge in [0.15, 0.2) is 0 Å². The fourth-order valence-electron chi connectivity index (χ4n) is 1.81. The maximum atomic E-state index is 13.2. The van der Waals surface area contributed by atoms with Crippen molar-refractivity contribution >= 4 is 21.6 Å². The molecule has 1 atom stereocenters. The summed E-state index contributed by atoms with van der Waals surface area (Å²) in [4.78, 5) is 4.16. The first kappa shape index (κ1) is 13.0. The lowest BCUT2D eigenvalue weighted by atomic mass is 10.0. The molecule has 2 nitrogen and oxygen atoms in total. The maximum absolute atomic E-state index is 13.2. The molecule has 0 spiro atoms. The lowest BCUT2D eigenvalue weighted by Gasteiger charge is -2.18. The third kappa shape index (κ3) is 3.29. The molecule has 0 saturated carbocycles. The molecule has 1 heterocycles. The molecular weight excluding hydrogens is 295 g/mol. The quantitative estimate of drug-likeness (QED) is 0.838. The van der Waals surface area contributed by atoms with Crippen molar-refractivity contribution in [1.29, 1.82) is 0 Å². The van der Waals surface area contributed by atoms with E-state index in [0.29, 0.717) is 0 Å². The monoisotopic (exact) mass is 308 g/mol. The second-order valence-electron chi connectivity index (χ2n) is 4.03. The van der Waals surface area contributed by atoms with Crippen molar-refractivity contribution in [2.45, 2.75) is 19.4 Å². The predicted molar refractivity (Wildman–Crippen MR) is 75.0 cm³/mol. The van der Waals surface area contributed by atoms with Crippen LogP contribution >= 0.6 is 15.9 Å². The predicted octanol–water partition coefficient (Wildman–Crippen LogP) is 4.55. The minimum absolute atomic E-state index is 0.0867. The summed E-state index contributed by atoms with van der Waals surface area (Å²) in [6.45, 7) is 2.06. The number of nitrogens with zero attached hydrogens (tertiary/aromatic N) is 1. The highest BCUT2D eigenvalue weighted by molar-refractivity contribution is 9.10. The molecule has 2 rings (SSSR count). The highest BCUT2D eigenvalue weighted by Gasteiger charge is 2.09. The van der Waals surface area contributed by atoms with E-state index in [2.05, 4.69) is 33.2 Å². The van der Waals surface area contributed by atoms with E-state index in [9.17, 15) is 4.39 Å². The van der Waals surface area contributed by atoms with Gasteiger partial charge in [0.2, 0.25) is 0 Å². The molecule has 2 aromatic rings. The molecule has 0 bridgehead atoms. The molecule has 0 saturated heterocycles. The van der Waals surface area contributed by atoms with Gasteiger partial charge in [0.05, 0.1) is 17.9 Å². The van der Waals surface area contributed by atoms with Gasteiger partial charge in [-0.2, -0.15) is 0 Å². The minimum atomic E-state index is -0.207. The zero-order valence-electron chi connectivity index (χ0n) is 10.0. The summed E-state index contributed by atoms with van der Waals surface area (Å²) in [5.41, 5.74) is 1.87. The van der Waals surface area contributed by atoms with Crippen molar-refractivity contribution in [3.63, 3.8) is 0 Å². The van der Waals surface area contributed by atoms with E-state index in [1.165, 1.54) is 6.07 Å². The van der Waals surface area contributed by atoms with Gasteiger partial charge in [-0.05, 0) is 52.2 Å². The van der Waals surface area contributed by atoms with Crippen LogP contribution in [-0.2, 0) is 0 Å². The smallest absolute Gasteiger partial charge is 0.123 e. The lowest BCUT2D eigenvalue weighted by Crippen LogP contribution is -2.10. The van der Waals surface area contributed by atoms with Crippen LogP contribution in [0.5, 0.6) is 0 Å². The number of anilines is 1. The summed E-state index contributed by atoms with van der Waals surface area (Å²) in [5, 5.41) is 3.35. The molecule has 1 aromatic carbocycles. The Kier molecular flexibility index (Phi) is 4.31. The van der Waals surface area contributed by atoms with Crippen LogP contribution in [0, 0.1) is 5.82 Å². The number of aromatic nitrogens is 1. The SMILES string of the molecule is CCC(Nc1ccc(Br)nc1)c1cccc(F)c1. The molecule has 0 aliphatic heterocycles. The Morgan fingerprint density at radius 3 is 2.78 bits per heavy atom. The molecule has 0 aliphatic rings. The molecule has 94 valence electrons. The number of halogens is 2. The Hall–Kier alpha value is -1.42. The van der Waals surface area contributed by atoms with E-state index in [1.54, 1.807) is 18.3 Å². The van der Waals surface area contributed by atoms with Crippen molar-refractivity contribution < 1.29 is 4.39 Å². The number of benzene rings is 1. The number of rotatable bonds is 4. The molecule has 1 aromatic heterocycles. The van der Waals surface area contributed by atoms with Gasteiger partial charge in [-0.15, -0.1) is 0 Å². The van der Waals surface area contributed by atoms with Crippen LogP contribution in [0.4, 0.5) is 10.1 Å². The zero-order chi connectivity index (χ0) is 13.0. The summed E-state index contributed by atoms with van der Waals surface area (Å²) < 4.78 is 14.0. The molecule has 1 unspecified atom stereocenters. The van der Waals surface area contributed by atoms with E-state index in [1.807, 2.05) is 18.2 Å². The van der Waals surface area contributed by atoms with Crippen molar-refractivity contribution in [3.05, 3.63) is 58.6 Å². The van der Waals surface area contributed by atoms with Gasteiger partial charge in [-0.1, -0.05) is 19.1 Å². The molecule has 4 heteroatoms. The highest BCUT2D eigenvalue weighted by Crippen LogP contribution is 2.23. The van der Waals surface area contributed by atoms with Gasteiger partial charge < -0.3 is 5.32 Å². The normalized spacial score (nSPS) is 12.2. The highest BCUT2D eigenvalue weighted by atomic mass is 79.9. The average Bonchev–Trinajstić information content (AvgIpc) is 2.38. The van der Waals surface area contributed by atoms with E-state index in [4.69, 9.17) is 0 Å². The lowest BCUT2D eigenvalue weighted by molar-refractivity contribution is 0.621. The second kappa shape index (κ2) is 5.96. The van der Waals surface area contributed by atoms with E-state index < -0.39 is 0 Å². The van der Waals surface area contributed by atoms with Crippen LogP contribution in [0.1, 0.15) is 24.9 Å². The third-order valence-corrected chi connectivity index (χ3v) is 3.20. The van der Waals surface area contributed by atoms with Crippen LogP contribution in [0.25, 0.3) is 0 Å². The number of pyridine rings is 1. The van der Waals surface area contributed by atoms with Crippen LogP contribution in [-0.4, -0.2) is 4.98 Å². The Bertz CT molecular complexity index is 513. The third-order valence-electron chi connectivity index (χ3n) is 2.73. The molecule has 0 amide bonds. The Balaban J connectivity index is 2.17. The Morgan fingerprint density at radius 1 is 1.33 bits per heavy atom. The van der Waals surface area contributed by atoms with Crippen LogP contribution in [0.2, 0.25) is 0 Å². The fourth-order valence-corrected chi connectivity index (χ4v) is 2.04. The van der Waals surface area contributed by atoms with Crippen molar-refractivity contribution in [2.75, 3.05) is 5.32 Å². The first-order valence-electron chi connectivity index (χ1n) is 5.82. The van der Waals surface area contributed by atoms with Crippen molar-refractivity contribution in [2.24, 2.45) is 0 Å². The van der Waals surface area contributed by atoms with Crippen LogP contribution < -0.4 is 5.32 Å². The first-order chi connectivity index (χ1) is 8.69. The minimum Gasteiger partial charge on any atom is -0.377 e. The number of hydrogen-bond donors (Lipinski definition) is 1. The summed E-state index contributed by atoms with van der Waals surface area (Å²) >= 11 is 3.29. The standard InChI is InChI=1S/C14H14BrFN2/c1-2-13(10-4-3-5-11(16)8-10)18-12-6-7-14(15)17-9-12/h3-9,13,18H,2H2,1H3. The molecule has 1 N–H and O–H groups in total. The number of nitrogens with one attached hydrogen (secondary N) is 1. The summed E-state index contributed by atoms with van der Waals surface area (Å²) in [5.74, 6) is -0.207. The van der Waals surface area contributed by atoms with Gasteiger partial charge in [0, 0.05) is 0 Å². The molecule has 0 aliphatic carbocycles. The first-order valence-corrected chi connectivity index (χ1v) is 6.62. The summed E-state index contributed by atoms with van der Waals surface area (Å²) in [6, 6.07) is 10.6. The van der Waals surface area contributed by atoms with E-state index >= 15 is 0 Å². The summed E-state index contributed by atoms with van der Waals surface area (Å²) in [7, 11) is 0. The average molecular weight is 309 g/mol. The van der Waals surface area contributed by atoms with Crippen molar-refractivity contribution in [3.8, 4) is 0 Å². The van der Waals surface area contributed by atoms with Crippen LogP contribution in [0.3, 0.4) is 0 Å². The molecule has 0 fully saturated rings. The van der Waals surface area contributed by atoms with Gasteiger partial charge in [-0.25, -0.2) is 9.37 Å². The molecule has 0 radical (unpaired) electrons. The summed E-state index contributed by atoms with van der Waals surface area (Å²) in [6.07, 6.45) is 2.63. The Morgan fingerprint density at radius 2 is 2.17 bits per heavy atom.